The molecule has 1 amide bonds. The Morgan fingerprint density at radius 2 is 2.08 bits per heavy atom. The lowest BCUT2D eigenvalue weighted by molar-refractivity contribution is -0.384. The molecule has 0 atom stereocenters. The molecule has 134 valence electrons. The third-order valence-electron chi connectivity index (χ3n) is 3.17. The minimum absolute atomic E-state index is 0.00483. The van der Waals surface area contributed by atoms with Crippen LogP contribution in [0.1, 0.15) is 12.0 Å². The van der Waals surface area contributed by atoms with E-state index < -0.39 is 22.4 Å². The van der Waals surface area contributed by atoms with Crippen LogP contribution in [0, 0.1) is 10.1 Å². The van der Waals surface area contributed by atoms with Gasteiger partial charge in [-0.1, -0.05) is 0 Å². The lowest BCUT2D eigenvalue weighted by Crippen LogP contribution is -2.17. The van der Waals surface area contributed by atoms with Crippen LogP contribution >= 0.6 is 0 Å². The predicted molar refractivity (Wildman–Crippen MR) is 83.0 cm³/mol. The highest BCUT2D eigenvalue weighted by molar-refractivity contribution is 5.90. The summed E-state index contributed by atoms with van der Waals surface area (Å²) in [7, 11) is 1.68. The Bertz CT molecular complexity index is 788. The minimum Gasteiger partial charge on any atom is -0.379 e. The van der Waals surface area contributed by atoms with Crippen molar-refractivity contribution in [2.45, 2.75) is 12.6 Å². The van der Waals surface area contributed by atoms with Crippen LogP contribution in [0.15, 0.2) is 30.5 Å². The van der Waals surface area contributed by atoms with Gasteiger partial charge in [-0.25, -0.2) is 0 Å². The van der Waals surface area contributed by atoms with Crippen molar-refractivity contribution >= 4 is 23.1 Å². The molecular formula is C14H14F3N5O3. The Labute approximate surface area is 139 Å². The van der Waals surface area contributed by atoms with E-state index >= 15 is 0 Å². The molecule has 0 fully saturated rings. The summed E-state index contributed by atoms with van der Waals surface area (Å²) in [5.41, 5.74) is -1.92. The van der Waals surface area contributed by atoms with Gasteiger partial charge in [-0.15, -0.1) is 0 Å². The zero-order chi connectivity index (χ0) is 18.6. The Morgan fingerprint density at radius 3 is 2.64 bits per heavy atom. The molecular weight excluding hydrogens is 343 g/mol. The molecule has 0 bridgehead atoms. The number of halogens is 3. The van der Waals surface area contributed by atoms with Gasteiger partial charge >= 0.3 is 6.18 Å². The van der Waals surface area contributed by atoms with Gasteiger partial charge in [0.15, 0.2) is 5.82 Å². The number of anilines is 2. The molecule has 11 heteroatoms. The van der Waals surface area contributed by atoms with Crippen LogP contribution in [0.4, 0.5) is 30.4 Å². The van der Waals surface area contributed by atoms with Crippen molar-refractivity contribution in [3.8, 4) is 0 Å². The van der Waals surface area contributed by atoms with Gasteiger partial charge in [0.05, 0.1) is 10.5 Å². The lowest BCUT2D eigenvalue weighted by Gasteiger charge is -2.10. The van der Waals surface area contributed by atoms with Crippen LogP contribution in [0.3, 0.4) is 0 Å². The van der Waals surface area contributed by atoms with Crippen molar-refractivity contribution < 1.29 is 22.9 Å². The third-order valence-corrected chi connectivity index (χ3v) is 3.17. The van der Waals surface area contributed by atoms with Gasteiger partial charge in [0, 0.05) is 38.3 Å². The Kier molecular flexibility index (Phi) is 5.25. The largest absolute Gasteiger partial charge is 0.416 e. The molecule has 0 aliphatic carbocycles. The molecule has 1 aromatic carbocycles. The van der Waals surface area contributed by atoms with E-state index in [1.807, 2.05) is 0 Å². The average Bonchev–Trinajstić information content (AvgIpc) is 2.91. The smallest absolute Gasteiger partial charge is 0.379 e. The highest BCUT2D eigenvalue weighted by Crippen LogP contribution is 2.34. The summed E-state index contributed by atoms with van der Waals surface area (Å²) in [5, 5.41) is 20.0. The molecule has 2 rings (SSSR count). The fourth-order valence-electron chi connectivity index (χ4n) is 2.01. The molecule has 0 spiro atoms. The van der Waals surface area contributed by atoms with Crippen LogP contribution in [0.2, 0.25) is 0 Å². The second-order valence-corrected chi connectivity index (χ2v) is 5.09. The Balaban J connectivity index is 1.98. The van der Waals surface area contributed by atoms with Gasteiger partial charge in [0.2, 0.25) is 5.91 Å². The van der Waals surface area contributed by atoms with Crippen LogP contribution in [0.5, 0.6) is 0 Å². The third kappa shape index (κ3) is 4.93. The number of nitrogens with one attached hydrogen (secondary N) is 2. The van der Waals surface area contributed by atoms with E-state index in [0.717, 1.165) is 12.1 Å². The van der Waals surface area contributed by atoms with Gasteiger partial charge in [-0.05, 0) is 12.1 Å². The highest BCUT2D eigenvalue weighted by atomic mass is 19.4. The van der Waals surface area contributed by atoms with Crippen molar-refractivity contribution in [2.75, 3.05) is 17.2 Å². The lowest BCUT2D eigenvalue weighted by atomic mass is 10.1. The molecule has 2 N–H and O–H groups in total. The van der Waals surface area contributed by atoms with E-state index in [9.17, 15) is 28.1 Å². The van der Waals surface area contributed by atoms with Crippen LogP contribution < -0.4 is 10.6 Å². The van der Waals surface area contributed by atoms with E-state index in [1.165, 1.54) is 4.68 Å². The molecule has 0 aliphatic rings. The predicted octanol–water partition coefficient (Wildman–Crippen LogP) is 2.79. The van der Waals surface area contributed by atoms with Crippen molar-refractivity contribution in [1.82, 2.24) is 9.78 Å². The Morgan fingerprint density at radius 1 is 1.36 bits per heavy atom. The number of nitro benzene ring substituents is 1. The number of alkyl halides is 3. The number of aryl methyl sites for hydroxylation is 1. The number of aromatic nitrogens is 2. The molecule has 25 heavy (non-hydrogen) atoms. The zero-order valence-corrected chi connectivity index (χ0v) is 13.0. The maximum absolute atomic E-state index is 12.6. The monoisotopic (exact) mass is 357 g/mol. The van der Waals surface area contributed by atoms with Crippen LogP contribution in [-0.2, 0) is 18.0 Å². The first kappa shape index (κ1) is 18.2. The number of benzene rings is 1. The minimum atomic E-state index is -4.67. The first-order chi connectivity index (χ1) is 11.7. The molecule has 1 heterocycles. The maximum Gasteiger partial charge on any atom is 0.416 e. The molecule has 1 aromatic heterocycles. The van der Waals surface area contributed by atoms with E-state index in [-0.39, 0.29) is 24.6 Å². The number of carbonyl (C=O) groups excluding carboxylic acids is 1. The van der Waals surface area contributed by atoms with Crippen molar-refractivity contribution in [1.29, 1.82) is 0 Å². The topological polar surface area (TPSA) is 102 Å². The summed E-state index contributed by atoms with van der Waals surface area (Å²) < 4.78 is 39.4. The summed E-state index contributed by atoms with van der Waals surface area (Å²) in [4.78, 5) is 21.8. The number of nitro groups is 1. The standard InChI is InChI=1S/C14H14F3N5O3/c1-21-7-5-12(20-21)19-13(23)4-6-18-10-3-2-9(14(15,16)17)8-11(10)22(24)25/h2-3,5,7-8,18H,4,6H2,1H3,(H,19,20,23). The molecule has 0 unspecified atom stereocenters. The fraction of sp³-hybridized carbons (Fsp3) is 0.286. The fourth-order valence-corrected chi connectivity index (χ4v) is 2.01. The summed E-state index contributed by atoms with van der Waals surface area (Å²) in [5.74, 6) is -0.0335. The van der Waals surface area contributed by atoms with E-state index in [1.54, 1.807) is 19.3 Å². The SMILES string of the molecule is Cn1ccc(NC(=O)CCNc2ccc(C(F)(F)F)cc2[N+](=O)[O-])n1. The maximum atomic E-state index is 12.6. The number of amides is 1. The number of rotatable bonds is 6. The second kappa shape index (κ2) is 7.20. The van der Waals surface area contributed by atoms with E-state index in [2.05, 4.69) is 15.7 Å². The van der Waals surface area contributed by atoms with Gasteiger partial charge in [0.25, 0.3) is 5.69 Å². The number of nitrogens with zero attached hydrogens (tertiary/aromatic N) is 3. The molecule has 2 aromatic rings. The van der Waals surface area contributed by atoms with E-state index in [4.69, 9.17) is 0 Å². The Hall–Kier alpha value is -3.11. The molecule has 0 radical (unpaired) electrons. The van der Waals surface area contributed by atoms with Crippen molar-refractivity contribution in [3.63, 3.8) is 0 Å². The molecule has 8 nitrogen and oxygen atoms in total. The van der Waals surface area contributed by atoms with Crippen molar-refractivity contribution in [2.24, 2.45) is 7.05 Å². The summed E-state index contributed by atoms with van der Waals surface area (Å²) in [6, 6.07) is 3.75. The summed E-state index contributed by atoms with van der Waals surface area (Å²) in [6.07, 6.45) is -3.08. The molecule has 0 aliphatic heterocycles. The van der Waals surface area contributed by atoms with Gasteiger partial charge in [-0.3, -0.25) is 19.6 Å². The first-order valence-corrected chi connectivity index (χ1v) is 7.06. The summed E-state index contributed by atoms with van der Waals surface area (Å²) in [6.45, 7) is 0.00483. The van der Waals surface area contributed by atoms with Crippen LogP contribution in [-0.4, -0.2) is 27.2 Å². The van der Waals surface area contributed by atoms with Gasteiger partial charge < -0.3 is 10.6 Å². The van der Waals surface area contributed by atoms with Crippen molar-refractivity contribution in [3.05, 3.63) is 46.1 Å². The number of hydrogen-bond acceptors (Lipinski definition) is 5. The highest BCUT2D eigenvalue weighted by Gasteiger charge is 2.33. The molecule has 0 saturated heterocycles. The van der Waals surface area contributed by atoms with Crippen LogP contribution in [0.25, 0.3) is 0 Å². The quantitative estimate of drug-likeness (QED) is 0.611. The van der Waals surface area contributed by atoms with E-state index in [0.29, 0.717) is 11.9 Å². The first-order valence-electron chi connectivity index (χ1n) is 7.06. The van der Waals surface area contributed by atoms with Gasteiger partial charge in [0.1, 0.15) is 5.69 Å². The zero-order valence-electron chi connectivity index (χ0n) is 13.0. The average molecular weight is 357 g/mol. The second-order valence-electron chi connectivity index (χ2n) is 5.09. The normalized spacial score (nSPS) is 11.2. The number of carbonyl (C=O) groups is 1. The number of hydrogen-bond donors (Lipinski definition) is 2. The molecule has 0 saturated carbocycles. The van der Waals surface area contributed by atoms with Gasteiger partial charge in [-0.2, -0.15) is 18.3 Å². The summed E-state index contributed by atoms with van der Waals surface area (Å²) >= 11 is 0.